The highest BCUT2D eigenvalue weighted by Crippen LogP contribution is 2.03. The number of carboxylic acid groups (broad SMARTS) is 1. The SMILES string of the molecule is CC(C)OCCNC(=O)N1CCCN(CC(=O)O)CC1. The normalized spacial score (nSPS) is 17.1. The maximum Gasteiger partial charge on any atom is 0.317 e. The third-order valence-electron chi connectivity index (χ3n) is 3.06. The Bertz CT molecular complexity index is 323. The first kappa shape index (κ1) is 16.7. The summed E-state index contributed by atoms with van der Waals surface area (Å²) >= 11 is 0. The Morgan fingerprint density at radius 3 is 2.65 bits per heavy atom. The van der Waals surface area contributed by atoms with E-state index in [1.165, 1.54) is 0 Å². The number of ether oxygens (including phenoxy) is 1. The van der Waals surface area contributed by atoms with Crippen molar-refractivity contribution in [2.24, 2.45) is 0 Å². The molecule has 20 heavy (non-hydrogen) atoms. The van der Waals surface area contributed by atoms with E-state index in [0.29, 0.717) is 39.3 Å². The second kappa shape index (κ2) is 8.76. The van der Waals surface area contributed by atoms with E-state index >= 15 is 0 Å². The molecule has 0 spiro atoms. The largest absolute Gasteiger partial charge is 0.480 e. The van der Waals surface area contributed by atoms with Crippen LogP contribution in [0.3, 0.4) is 0 Å². The fourth-order valence-corrected chi connectivity index (χ4v) is 2.09. The molecule has 0 aromatic heterocycles. The van der Waals surface area contributed by atoms with E-state index in [9.17, 15) is 9.59 Å². The van der Waals surface area contributed by atoms with Gasteiger partial charge in [0.25, 0.3) is 0 Å². The first-order valence-corrected chi connectivity index (χ1v) is 7.07. The number of nitrogens with zero attached hydrogens (tertiary/aromatic N) is 2. The lowest BCUT2D eigenvalue weighted by Crippen LogP contribution is -2.43. The summed E-state index contributed by atoms with van der Waals surface area (Å²) in [5.74, 6) is -0.825. The van der Waals surface area contributed by atoms with Crippen LogP contribution < -0.4 is 5.32 Å². The van der Waals surface area contributed by atoms with Gasteiger partial charge in [0.05, 0.1) is 19.3 Å². The van der Waals surface area contributed by atoms with E-state index < -0.39 is 5.97 Å². The van der Waals surface area contributed by atoms with Gasteiger partial charge in [0.2, 0.25) is 0 Å². The smallest absolute Gasteiger partial charge is 0.317 e. The van der Waals surface area contributed by atoms with Gasteiger partial charge >= 0.3 is 12.0 Å². The van der Waals surface area contributed by atoms with Crippen molar-refractivity contribution in [2.75, 3.05) is 45.9 Å². The molecule has 2 amide bonds. The highest BCUT2D eigenvalue weighted by atomic mass is 16.5. The van der Waals surface area contributed by atoms with Crippen LogP contribution in [-0.2, 0) is 9.53 Å². The summed E-state index contributed by atoms with van der Waals surface area (Å²) in [6.07, 6.45) is 0.957. The summed E-state index contributed by atoms with van der Waals surface area (Å²) < 4.78 is 5.36. The molecule has 1 rings (SSSR count). The molecular formula is C13H25N3O4. The lowest BCUT2D eigenvalue weighted by Gasteiger charge is -2.21. The predicted molar refractivity (Wildman–Crippen MR) is 74.8 cm³/mol. The Hall–Kier alpha value is -1.34. The Morgan fingerprint density at radius 2 is 2.00 bits per heavy atom. The van der Waals surface area contributed by atoms with Crippen LogP contribution in [0.4, 0.5) is 4.79 Å². The molecule has 0 aromatic carbocycles. The van der Waals surface area contributed by atoms with E-state index in [-0.39, 0.29) is 18.7 Å². The number of hydrogen-bond donors (Lipinski definition) is 2. The van der Waals surface area contributed by atoms with Crippen LogP contribution in [0.1, 0.15) is 20.3 Å². The molecule has 2 N–H and O–H groups in total. The average Bonchev–Trinajstić information content (AvgIpc) is 2.59. The predicted octanol–water partition coefficient (Wildman–Crippen LogP) is 0.213. The van der Waals surface area contributed by atoms with Crippen molar-refractivity contribution >= 4 is 12.0 Å². The van der Waals surface area contributed by atoms with Gasteiger partial charge in [-0.3, -0.25) is 9.69 Å². The van der Waals surface area contributed by atoms with Gasteiger partial charge in [-0.1, -0.05) is 0 Å². The van der Waals surface area contributed by atoms with Gasteiger partial charge in [0.15, 0.2) is 0 Å². The highest BCUT2D eigenvalue weighted by Gasteiger charge is 2.19. The van der Waals surface area contributed by atoms with Gasteiger partial charge in [0.1, 0.15) is 0 Å². The Morgan fingerprint density at radius 1 is 1.25 bits per heavy atom. The number of carbonyl (C=O) groups excluding carboxylic acids is 1. The van der Waals surface area contributed by atoms with Gasteiger partial charge in [0, 0.05) is 32.7 Å². The van der Waals surface area contributed by atoms with Crippen LogP contribution in [0.15, 0.2) is 0 Å². The first-order chi connectivity index (χ1) is 9.49. The molecule has 1 aliphatic rings. The molecule has 0 atom stereocenters. The summed E-state index contributed by atoms with van der Waals surface area (Å²) in [5.41, 5.74) is 0. The fourth-order valence-electron chi connectivity index (χ4n) is 2.09. The third kappa shape index (κ3) is 6.72. The van der Waals surface area contributed by atoms with E-state index in [0.717, 1.165) is 6.42 Å². The molecule has 1 heterocycles. The zero-order valence-corrected chi connectivity index (χ0v) is 12.3. The van der Waals surface area contributed by atoms with Gasteiger partial charge in [-0.15, -0.1) is 0 Å². The van der Waals surface area contributed by atoms with Gasteiger partial charge in [-0.05, 0) is 20.3 Å². The molecule has 0 radical (unpaired) electrons. The Kier molecular flexibility index (Phi) is 7.32. The number of hydrogen-bond acceptors (Lipinski definition) is 4. The van der Waals surface area contributed by atoms with Gasteiger partial charge in [-0.25, -0.2) is 4.79 Å². The van der Waals surface area contributed by atoms with Gasteiger partial charge < -0.3 is 20.1 Å². The van der Waals surface area contributed by atoms with E-state index in [4.69, 9.17) is 9.84 Å². The monoisotopic (exact) mass is 287 g/mol. The molecule has 1 saturated heterocycles. The second-order valence-electron chi connectivity index (χ2n) is 5.16. The molecule has 0 aromatic rings. The van der Waals surface area contributed by atoms with Crippen LogP contribution in [0.25, 0.3) is 0 Å². The molecule has 1 fully saturated rings. The van der Waals surface area contributed by atoms with Crippen molar-refractivity contribution in [3.63, 3.8) is 0 Å². The Balaban J connectivity index is 2.25. The lowest BCUT2D eigenvalue weighted by molar-refractivity contribution is -0.138. The minimum atomic E-state index is -0.825. The highest BCUT2D eigenvalue weighted by molar-refractivity contribution is 5.74. The van der Waals surface area contributed by atoms with Crippen LogP contribution in [0.2, 0.25) is 0 Å². The third-order valence-corrected chi connectivity index (χ3v) is 3.06. The van der Waals surface area contributed by atoms with E-state index in [1.807, 2.05) is 18.7 Å². The average molecular weight is 287 g/mol. The molecule has 0 aliphatic carbocycles. The maximum absolute atomic E-state index is 11.9. The van der Waals surface area contributed by atoms with Crippen molar-refractivity contribution in [2.45, 2.75) is 26.4 Å². The minimum Gasteiger partial charge on any atom is -0.480 e. The quantitative estimate of drug-likeness (QED) is 0.683. The summed E-state index contributed by atoms with van der Waals surface area (Å²) in [6, 6.07) is -0.102. The lowest BCUT2D eigenvalue weighted by atomic mass is 10.4. The maximum atomic E-state index is 11.9. The number of carbonyl (C=O) groups is 2. The number of rotatable bonds is 6. The molecule has 7 heteroatoms. The minimum absolute atomic E-state index is 0.0394. The van der Waals surface area contributed by atoms with Crippen molar-refractivity contribution in [1.29, 1.82) is 0 Å². The summed E-state index contributed by atoms with van der Waals surface area (Å²) in [7, 11) is 0. The summed E-state index contributed by atoms with van der Waals surface area (Å²) in [5, 5.41) is 11.6. The second-order valence-corrected chi connectivity index (χ2v) is 5.16. The number of nitrogens with one attached hydrogen (secondary N) is 1. The van der Waals surface area contributed by atoms with Crippen LogP contribution >= 0.6 is 0 Å². The van der Waals surface area contributed by atoms with Crippen LogP contribution in [0.5, 0.6) is 0 Å². The topological polar surface area (TPSA) is 82.1 Å². The molecule has 0 unspecified atom stereocenters. The van der Waals surface area contributed by atoms with Crippen molar-refractivity contribution < 1.29 is 19.4 Å². The van der Waals surface area contributed by atoms with Gasteiger partial charge in [-0.2, -0.15) is 0 Å². The van der Waals surface area contributed by atoms with Crippen LogP contribution in [0, 0.1) is 0 Å². The van der Waals surface area contributed by atoms with Crippen molar-refractivity contribution in [3.8, 4) is 0 Å². The van der Waals surface area contributed by atoms with Crippen molar-refractivity contribution in [3.05, 3.63) is 0 Å². The molecule has 7 nitrogen and oxygen atoms in total. The zero-order chi connectivity index (χ0) is 15.0. The molecule has 116 valence electrons. The van der Waals surface area contributed by atoms with E-state index in [2.05, 4.69) is 5.32 Å². The van der Waals surface area contributed by atoms with E-state index in [1.54, 1.807) is 4.90 Å². The molecular weight excluding hydrogens is 262 g/mol. The molecule has 0 saturated carbocycles. The van der Waals surface area contributed by atoms with Crippen LogP contribution in [-0.4, -0.2) is 78.9 Å². The summed E-state index contributed by atoms with van der Waals surface area (Å²) in [6.45, 7) is 7.47. The molecule has 1 aliphatic heterocycles. The number of carboxylic acids is 1. The number of aliphatic carboxylic acids is 1. The van der Waals surface area contributed by atoms with Crippen molar-refractivity contribution in [1.82, 2.24) is 15.1 Å². The fraction of sp³-hybridized carbons (Fsp3) is 0.846. The summed E-state index contributed by atoms with van der Waals surface area (Å²) in [4.78, 5) is 26.2. The zero-order valence-electron chi connectivity index (χ0n) is 12.3. The Labute approximate surface area is 119 Å². The first-order valence-electron chi connectivity index (χ1n) is 7.07. The number of urea groups is 1. The number of amides is 2. The molecule has 0 bridgehead atoms. The standard InChI is InChI=1S/C13H25N3O4/c1-11(2)20-9-4-14-13(19)16-6-3-5-15(7-8-16)10-12(17)18/h11H,3-10H2,1-2H3,(H,14,19)(H,17,18).